The SMILES string of the molecule is O=C(c1ccccc1Cl)N1CC=C(c2c[nH]c3cccnc23)CC1. The Morgan fingerprint density at radius 2 is 2.08 bits per heavy atom. The van der Waals surface area contributed by atoms with E-state index in [9.17, 15) is 4.79 Å². The Morgan fingerprint density at radius 3 is 2.88 bits per heavy atom. The van der Waals surface area contributed by atoms with Crippen molar-refractivity contribution in [2.24, 2.45) is 0 Å². The Balaban J connectivity index is 1.57. The standard InChI is InChI=1S/C19H16ClN3O/c20-16-5-2-1-4-14(16)19(24)23-10-7-13(8-11-23)15-12-22-17-6-3-9-21-18(15)17/h1-7,9,12,22H,8,10-11H2. The number of carbonyl (C=O) groups excluding carboxylic acids is 1. The second-order valence-electron chi connectivity index (χ2n) is 5.81. The van der Waals surface area contributed by atoms with Gasteiger partial charge in [0.2, 0.25) is 0 Å². The third kappa shape index (κ3) is 2.59. The molecule has 2 aromatic heterocycles. The molecule has 1 aliphatic rings. The van der Waals surface area contributed by atoms with Gasteiger partial charge in [-0.15, -0.1) is 0 Å². The van der Waals surface area contributed by atoms with Crippen LogP contribution in [-0.4, -0.2) is 33.9 Å². The molecule has 0 atom stereocenters. The molecule has 0 saturated heterocycles. The van der Waals surface area contributed by atoms with E-state index in [0.717, 1.165) is 23.0 Å². The van der Waals surface area contributed by atoms with Crippen molar-refractivity contribution in [2.45, 2.75) is 6.42 Å². The van der Waals surface area contributed by atoms with E-state index in [1.165, 1.54) is 5.57 Å². The minimum Gasteiger partial charge on any atom is -0.359 e. The van der Waals surface area contributed by atoms with E-state index in [0.29, 0.717) is 23.7 Å². The Bertz CT molecular complexity index is 944. The Labute approximate surface area is 144 Å². The lowest BCUT2D eigenvalue weighted by Crippen LogP contribution is -2.34. The number of nitrogens with zero attached hydrogens (tertiary/aromatic N) is 2. The van der Waals surface area contributed by atoms with E-state index in [-0.39, 0.29) is 5.91 Å². The zero-order valence-corrected chi connectivity index (χ0v) is 13.8. The van der Waals surface area contributed by atoms with Crippen molar-refractivity contribution in [3.8, 4) is 0 Å². The zero-order valence-electron chi connectivity index (χ0n) is 13.0. The molecule has 4 nitrogen and oxygen atoms in total. The van der Waals surface area contributed by atoms with Gasteiger partial charge in [-0.2, -0.15) is 0 Å². The van der Waals surface area contributed by atoms with E-state index in [1.807, 2.05) is 35.4 Å². The number of hydrogen-bond donors (Lipinski definition) is 1. The number of aromatic amines is 1. The van der Waals surface area contributed by atoms with Gasteiger partial charge >= 0.3 is 0 Å². The topological polar surface area (TPSA) is 49.0 Å². The lowest BCUT2D eigenvalue weighted by molar-refractivity contribution is 0.0773. The van der Waals surface area contributed by atoms with Crippen LogP contribution in [0.3, 0.4) is 0 Å². The van der Waals surface area contributed by atoms with Crippen LogP contribution < -0.4 is 0 Å². The number of rotatable bonds is 2. The first-order valence-electron chi connectivity index (χ1n) is 7.89. The normalized spacial score (nSPS) is 14.7. The second-order valence-corrected chi connectivity index (χ2v) is 6.22. The summed E-state index contributed by atoms with van der Waals surface area (Å²) < 4.78 is 0. The predicted molar refractivity (Wildman–Crippen MR) is 96.0 cm³/mol. The molecule has 3 heterocycles. The van der Waals surface area contributed by atoms with Gasteiger partial charge in [-0.3, -0.25) is 9.78 Å². The van der Waals surface area contributed by atoms with Crippen LogP contribution in [-0.2, 0) is 0 Å². The first kappa shape index (κ1) is 15.0. The lowest BCUT2D eigenvalue weighted by Gasteiger charge is -2.26. The number of pyridine rings is 1. The molecule has 0 fully saturated rings. The van der Waals surface area contributed by atoms with Gasteiger partial charge in [-0.1, -0.05) is 29.8 Å². The van der Waals surface area contributed by atoms with Crippen LogP contribution in [0.4, 0.5) is 0 Å². The largest absolute Gasteiger partial charge is 0.359 e. The van der Waals surface area contributed by atoms with Crippen molar-refractivity contribution < 1.29 is 4.79 Å². The number of amides is 1. The van der Waals surface area contributed by atoms with Gasteiger partial charge in [0.1, 0.15) is 0 Å². The lowest BCUT2D eigenvalue weighted by atomic mass is 10.0. The highest BCUT2D eigenvalue weighted by Crippen LogP contribution is 2.28. The van der Waals surface area contributed by atoms with Crippen molar-refractivity contribution in [1.29, 1.82) is 0 Å². The maximum atomic E-state index is 12.6. The quantitative estimate of drug-likeness (QED) is 0.763. The summed E-state index contributed by atoms with van der Waals surface area (Å²) in [6.07, 6.45) is 6.71. The van der Waals surface area contributed by atoms with Gasteiger partial charge in [0.25, 0.3) is 5.91 Å². The third-order valence-electron chi connectivity index (χ3n) is 4.38. The summed E-state index contributed by atoms with van der Waals surface area (Å²) in [7, 11) is 0. The van der Waals surface area contributed by atoms with Crippen molar-refractivity contribution in [2.75, 3.05) is 13.1 Å². The molecule has 0 unspecified atom stereocenters. The maximum Gasteiger partial charge on any atom is 0.255 e. The maximum absolute atomic E-state index is 12.6. The van der Waals surface area contributed by atoms with E-state index in [1.54, 1.807) is 18.3 Å². The monoisotopic (exact) mass is 337 g/mol. The summed E-state index contributed by atoms with van der Waals surface area (Å²) in [5.41, 5.74) is 4.92. The molecule has 0 bridgehead atoms. The molecular weight excluding hydrogens is 322 g/mol. The van der Waals surface area contributed by atoms with E-state index in [2.05, 4.69) is 16.0 Å². The molecule has 1 N–H and O–H groups in total. The Hall–Kier alpha value is -2.59. The molecule has 0 spiro atoms. The van der Waals surface area contributed by atoms with Crippen molar-refractivity contribution >= 4 is 34.1 Å². The Kier molecular flexibility index (Phi) is 3.82. The van der Waals surface area contributed by atoms with Crippen LogP contribution >= 0.6 is 11.6 Å². The fraction of sp³-hybridized carbons (Fsp3) is 0.158. The van der Waals surface area contributed by atoms with Crippen LogP contribution in [0.25, 0.3) is 16.6 Å². The van der Waals surface area contributed by atoms with Crippen molar-refractivity contribution in [3.63, 3.8) is 0 Å². The number of carbonyl (C=O) groups is 1. The van der Waals surface area contributed by atoms with Crippen LogP contribution in [0.1, 0.15) is 22.3 Å². The van der Waals surface area contributed by atoms with Crippen LogP contribution in [0.5, 0.6) is 0 Å². The summed E-state index contributed by atoms with van der Waals surface area (Å²) in [6.45, 7) is 1.26. The van der Waals surface area contributed by atoms with Crippen molar-refractivity contribution in [1.82, 2.24) is 14.9 Å². The average molecular weight is 338 g/mol. The fourth-order valence-corrected chi connectivity index (χ4v) is 3.32. The van der Waals surface area contributed by atoms with Crippen LogP contribution in [0.2, 0.25) is 5.02 Å². The number of fused-ring (bicyclic) bond motifs is 1. The molecule has 120 valence electrons. The Morgan fingerprint density at radius 1 is 1.21 bits per heavy atom. The average Bonchev–Trinajstić information content (AvgIpc) is 3.06. The number of benzene rings is 1. The molecule has 4 rings (SSSR count). The molecule has 0 aliphatic carbocycles. The molecule has 1 aromatic carbocycles. The third-order valence-corrected chi connectivity index (χ3v) is 4.71. The van der Waals surface area contributed by atoms with Gasteiger partial charge < -0.3 is 9.88 Å². The first-order valence-corrected chi connectivity index (χ1v) is 8.27. The van der Waals surface area contributed by atoms with E-state index in [4.69, 9.17) is 11.6 Å². The van der Waals surface area contributed by atoms with E-state index < -0.39 is 0 Å². The summed E-state index contributed by atoms with van der Waals surface area (Å²) in [6, 6.07) is 11.1. The molecule has 0 radical (unpaired) electrons. The summed E-state index contributed by atoms with van der Waals surface area (Å²) in [5.74, 6) is -0.0204. The number of aromatic nitrogens is 2. The minimum atomic E-state index is -0.0204. The first-order chi connectivity index (χ1) is 11.7. The van der Waals surface area contributed by atoms with Gasteiger partial charge in [-0.05, 0) is 36.3 Å². The van der Waals surface area contributed by atoms with Gasteiger partial charge in [0.15, 0.2) is 0 Å². The predicted octanol–water partition coefficient (Wildman–Crippen LogP) is 4.15. The number of hydrogen-bond acceptors (Lipinski definition) is 2. The molecule has 24 heavy (non-hydrogen) atoms. The van der Waals surface area contributed by atoms with Crippen LogP contribution in [0.15, 0.2) is 54.9 Å². The highest BCUT2D eigenvalue weighted by atomic mass is 35.5. The van der Waals surface area contributed by atoms with Gasteiger partial charge in [0.05, 0.1) is 21.6 Å². The second kappa shape index (κ2) is 6.13. The molecule has 1 amide bonds. The zero-order chi connectivity index (χ0) is 16.5. The van der Waals surface area contributed by atoms with Gasteiger partial charge in [-0.25, -0.2) is 0 Å². The van der Waals surface area contributed by atoms with Crippen molar-refractivity contribution in [3.05, 3.63) is 71.0 Å². The fourth-order valence-electron chi connectivity index (χ4n) is 3.10. The molecule has 3 aromatic rings. The number of H-pyrrole nitrogens is 1. The highest BCUT2D eigenvalue weighted by Gasteiger charge is 2.22. The highest BCUT2D eigenvalue weighted by molar-refractivity contribution is 6.33. The minimum absolute atomic E-state index is 0.0204. The van der Waals surface area contributed by atoms with Crippen LogP contribution in [0, 0.1) is 0 Å². The number of nitrogens with one attached hydrogen (secondary N) is 1. The number of halogens is 1. The molecular formula is C19H16ClN3O. The van der Waals surface area contributed by atoms with E-state index >= 15 is 0 Å². The summed E-state index contributed by atoms with van der Waals surface area (Å²) in [4.78, 5) is 22.2. The van der Waals surface area contributed by atoms with Gasteiger partial charge in [0, 0.05) is 31.0 Å². The summed E-state index contributed by atoms with van der Waals surface area (Å²) in [5, 5.41) is 0.498. The summed E-state index contributed by atoms with van der Waals surface area (Å²) >= 11 is 6.14. The molecule has 0 saturated carbocycles. The molecule has 1 aliphatic heterocycles. The molecule has 5 heteroatoms. The smallest absolute Gasteiger partial charge is 0.255 e.